The maximum Gasteiger partial charge on any atom is 0.306 e. The fourth-order valence-electron chi connectivity index (χ4n) is 5.44. The van der Waals surface area contributed by atoms with E-state index in [4.69, 9.17) is 52.1 Å². The molecule has 0 aromatic heterocycles. The quantitative estimate of drug-likeness (QED) is 0.0566. The highest BCUT2D eigenvalue weighted by Gasteiger charge is 2.65. The molecule has 0 bridgehead atoms. The second-order valence-corrected chi connectivity index (χ2v) is 13.2. The van der Waals surface area contributed by atoms with Gasteiger partial charge in [0.1, 0.15) is 25.4 Å². The normalized spacial score (nSPS) is 27.3. The standard InChI is InChI=1S/C34H48O20S/c1-17(16-55-11-10-28(42)43-9)12-47-29-25(13-44-18(2)35)52-33(31(50-22(6)39)30(29)49-21(5)38)54-34(53-24(8)41)27(15-45-19(3)36)46-14-26(48-20(4)37)32(34)51-23(7)40/h25-27,29-33H,1,10-16H2,2-9H3/t25-,26+,27-,29+,30+,31-,32-,33-,34+/m1/s1. The molecule has 2 aliphatic heterocycles. The van der Waals surface area contributed by atoms with E-state index in [-0.39, 0.29) is 13.0 Å². The highest BCUT2D eigenvalue weighted by molar-refractivity contribution is 7.99. The van der Waals surface area contributed by atoms with E-state index < -0.39 is 122 Å². The van der Waals surface area contributed by atoms with Crippen LogP contribution in [-0.4, -0.2) is 148 Å². The van der Waals surface area contributed by atoms with Crippen LogP contribution < -0.4 is 0 Å². The minimum absolute atomic E-state index is 0.151. The van der Waals surface area contributed by atoms with Gasteiger partial charge in [-0.25, -0.2) is 0 Å². The van der Waals surface area contributed by atoms with Gasteiger partial charge in [-0.3, -0.25) is 38.4 Å². The first-order chi connectivity index (χ1) is 25.8. The van der Waals surface area contributed by atoms with Gasteiger partial charge in [-0.15, -0.1) is 0 Å². The van der Waals surface area contributed by atoms with Gasteiger partial charge in [-0.2, -0.15) is 11.8 Å². The van der Waals surface area contributed by atoms with Crippen molar-refractivity contribution in [1.29, 1.82) is 0 Å². The molecule has 20 nitrogen and oxygen atoms in total. The molecule has 0 aromatic rings. The van der Waals surface area contributed by atoms with Gasteiger partial charge in [-0.05, 0) is 5.57 Å². The van der Waals surface area contributed by atoms with E-state index in [9.17, 15) is 38.4 Å². The molecule has 0 N–H and O–H groups in total. The molecule has 0 amide bonds. The van der Waals surface area contributed by atoms with Gasteiger partial charge in [0.15, 0.2) is 24.4 Å². The number of methoxy groups -OCH3 is 1. The van der Waals surface area contributed by atoms with Gasteiger partial charge in [-0.1, -0.05) is 6.58 Å². The maximum atomic E-state index is 12.8. The van der Waals surface area contributed by atoms with E-state index in [1.165, 1.54) is 18.9 Å². The van der Waals surface area contributed by atoms with Crippen LogP contribution in [-0.2, 0) is 95.2 Å². The zero-order chi connectivity index (χ0) is 41.5. The minimum Gasteiger partial charge on any atom is -0.469 e. The van der Waals surface area contributed by atoms with Crippen molar-refractivity contribution < 1.29 is 95.2 Å². The van der Waals surface area contributed by atoms with Crippen LogP contribution in [0.2, 0.25) is 0 Å². The summed E-state index contributed by atoms with van der Waals surface area (Å²) in [6.45, 7) is 9.27. The predicted octanol–water partition coefficient (Wildman–Crippen LogP) is 0.477. The molecule has 310 valence electrons. The number of thioether (sulfide) groups is 1. The Morgan fingerprint density at radius 1 is 0.727 bits per heavy atom. The summed E-state index contributed by atoms with van der Waals surface area (Å²) in [5.41, 5.74) is 0.507. The van der Waals surface area contributed by atoms with Gasteiger partial charge in [0, 0.05) is 60.0 Å². The molecule has 0 aliphatic carbocycles. The van der Waals surface area contributed by atoms with Gasteiger partial charge in [0.25, 0.3) is 5.79 Å². The molecule has 0 unspecified atom stereocenters. The van der Waals surface area contributed by atoms with Crippen LogP contribution in [0, 0.1) is 0 Å². The fourth-order valence-corrected chi connectivity index (χ4v) is 6.27. The Labute approximate surface area is 321 Å². The van der Waals surface area contributed by atoms with E-state index in [0.29, 0.717) is 17.1 Å². The molecule has 2 rings (SSSR count). The highest BCUT2D eigenvalue weighted by atomic mass is 32.2. The number of esters is 8. The summed E-state index contributed by atoms with van der Waals surface area (Å²) >= 11 is 1.36. The Bertz CT molecular complexity index is 1420. The van der Waals surface area contributed by atoms with Gasteiger partial charge < -0.3 is 56.8 Å². The molecular weight excluding hydrogens is 760 g/mol. The zero-order valence-electron chi connectivity index (χ0n) is 31.8. The average molecular weight is 809 g/mol. The summed E-state index contributed by atoms with van der Waals surface area (Å²) < 4.78 is 67.4. The van der Waals surface area contributed by atoms with Gasteiger partial charge in [0.2, 0.25) is 12.4 Å². The van der Waals surface area contributed by atoms with E-state index in [2.05, 4.69) is 11.3 Å². The highest BCUT2D eigenvalue weighted by Crippen LogP contribution is 2.40. The van der Waals surface area contributed by atoms with E-state index in [1.54, 1.807) is 0 Å². The molecule has 9 atom stereocenters. The monoisotopic (exact) mass is 808 g/mol. The summed E-state index contributed by atoms with van der Waals surface area (Å²) in [7, 11) is 1.27. The lowest BCUT2D eigenvalue weighted by Gasteiger charge is -2.52. The number of hydrogen-bond acceptors (Lipinski definition) is 21. The van der Waals surface area contributed by atoms with Crippen LogP contribution in [0.5, 0.6) is 0 Å². The van der Waals surface area contributed by atoms with E-state index in [0.717, 1.165) is 48.5 Å². The lowest BCUT2D eigenvalue weighted by atomic mass is 9.93. The van der Waals surface area contributed by atoms with Crippen LogP contribution in [0.4, 0.5) is 0 Å². The second-order valence-electron chi connectivity index (χ2n) is 12.1. The first-order valence-corrected chi connectivity index (χ1v) is 18.0. The van der Waals surface area contributed by atoms with Crippen molar-refractivity contribution in [2.24, 2.45) is 0 Å². The topological polar surface area (TPSA) is 247 Å². The third-order valence-corrected chi connectivity index (χ3v) is 8.51. The first kappa shape index (κ1) is 46.8. The first-order valence-electron chi connectivity index (χ1n) is 16.8. The molecule has 0 radical (unpaired) electrons. The van der Waals surface area contributed by atoms with E-state index >= 15 is 0 Å². The Kier molecular flexibility index (Phi) is 19.0. The Morgan fingerprint density at radius 2 is 1.31 bits per heavy atom. The van der Waals surface area contributed by atoms with Crippen molar-refractivity contribution in [3.05, 3.63) is 12.2 Å². The number of ether oxygens (including phenoxy) is 12. The molecule has 55 heavy (non-hydrogen) atoms. The minimum atomic E-state index is -2.72. The van der Waals surface area contributed by atoms with Crippen LogP contribution in [0.15, 0.2) is 12.2 Å². The maximum absolute atomic E-state index is 12.8. The largest absolute Gasteiger partial charge is 0.469 e. The SMILES string of the molecule is C=C(CO[C@@H]1[C@H](OC(C)=O)[C@@H](OC(C)=O)[C@@H](O[C@]2(OC(C)=O)[C@H](OC(C)=O)[C@@H](OC(C)=O)CO[C@@H]2COC(C)=O)O[C@@H]1COC(C)=O)CSCCC(=O)OC. The summed E-state index contributed by atoms with van der Waals surface area (Å²) in [5, 5.41) is 0. The van der Waals surface area contributed by atoms with Crippen molar-refractivity contribution in [2.75, 3.05) is 45.0 Å². The van der Waals surface area contributed by atoms with Crippen LogP contribution in [0.3, 0.4) is 0 Å². The number of rotatable bonds is 19. The summed E-state index contributed by atoms with van der Waals surface area (Å²) in [6, 6.07) is 0. The van der Waals surface area contributed by atoms with Crippen LogP contribution >= 0.6 is 11.8 Å². The molecule has 21 heteroatoms. The van der Waals surface area contributed by atoms with Gasteiger partial charge in [0.05, 0.1) is 26.7 Å². The van der Waals surface area contributed by atoms with Crippen molar-refractivity contribution >= 4 is 59.5 Å². The zero-order valence-corrected chi connectivity index (χ0v) is 32.7. The van der Waals surface area contributed by atoms with E-state index in [1.807, 2.05) is 0 Å². The molecule has 0 saturated carbocycles. The molecular formula is C34H48O20S. The molecule has 2 fully saturated rings. The molecule has 2 saturated heterocycles. The average Bonchev–Trinajstić information content (AvgIpc) is 3.06. The Hall–Kier alpha value is -4.31. The Balaban J connectivity index is 2.73. The summed E-state index contributed by atoms with van der Waals surface area (Å²) in [6.07, 6.45) is -13.0. The third kappa shape index (κ3) is 15.0. The number of carbonyl (C=O) groups excluding carboxylic acids is 8. The molecule has 2 heterocycles. The van der Waals surface area contributed by atoms with Crippen molar-refractivity contribution in [2.45, 2.75) is 110 Å². The van der Waals surface area contributed by atoms with Crippen LogP contribution in [0.1, 0.15) is 54.9 Å². The third-order valence-electron chi connectivity index (χ3n) is 7.41. The fraction of sp³-hybridized carbons (Fsp3) is 0.706. The summed E-state index contributed by atoms with van der Waals surface area (Å²) in [4.78, 5) is 98.1. The molecule has 0 spiro atoms. The summed E-state index contributed by atoms with van der Waals surface area (Å²) in [5.74, 6) is -8.69. The smallest absolute Gasteiger partial charge is 0.306 e. The number of carbonyl (C=O) groups is 8. The van der Waals surface area contributed by atoms with Crippen LogP contribution in [0.25, 0.3) is 0 Å². The van der Waals surface area contributed by atoms with Gasteiger partial charge >= 0.3 is 47.8 Å². The molecule has 0 aromatic carbocycles. The van der Waals surface area contributed by atoms with Crippen molar-refractivity contribution in [3.8, 4) is 0 Å². The lowest BCUT2D eigenvalue weighted by molar-refractivity contribution is -0.418. The number of hydrogen-bond donors (Lipinski definition) is 0. The lowest BCUT2D eigenvalue weighted by Crippen LogP contribution is -2.72. The van der Waals surface area contributed by atoms with Crippen molar-refractivity contribution in [1.82, 2.24) is 0 Å². The predicted molar refractivity (Wildman–Crippen MR) is 182 cm³/mol. The second kappa shape index (κ2) is 22.3. The van der Waals surface area contributed by atoms with Crippen molar-refractivity contribution in [3.63, 3.8) is 0 Å². The Morgan fingerprint density at radius 3 is 1.85 bits per heavy atom. The molecule has 2 aliphatic rings.